The van der Waals surface area contributed by atoms with Crippen molar-refractivity contribution in [3.8, 4) is 0 Å². The van der Waals surface area contributed by atoms with Gasteiger partial charge in [0.05, 0.1) is 0 Å². The minimum absolute atomic E-state index is 0.505. The highest BCUT2D eigenvalue weighted by atomic mass is 32.2. The molecule has 2 nitrogen and oxygen atoms in total. The highest BCUT2D eigenvalue weighted by Crippen LogP contribution is 2.37. The number of hydrogen-bond donors (Lipinski definition) is 2. The van der Waals surface area contributed by atoms with Crippen molar-refractivity contribution in [3.05, 3.63) is 24.0 Å². The molecular weight excluding hydrogens is 216 g/mol. The SMILES string of the molecule is CSC1(CNCc2ccc[nH]2)CCCCC1. The average molecular weight is 238 g/mol. The molecule has 1 aromatic rings. The van der Waals surface area contributed by atoms with Crippen LogP contribution in [-0.4, -0.2) is 22.5 Å². The quantitative estimate of drug-likeness (QED) is 0.824. The van der Waals surface area contributed by atoms with Gasteiger partial charge in [0.1, 0.15) is 0 Å². The second-order valence-electron chi connectivity index (χ2n) is 4.75. The van der Waals surface area contributed by atoms with Crippen LogP contribution in [0.3, 0.4) is 0 Å². The lowest BCUT2D eigenvalue weighted by Crippen LogP contribution is -2.39. The van der Waals surface area contributed by atoms with Crippen molar-refractivity contribution in [2.75, 3.05) is 12.8 Å². The highest BCUT2D eigenvalue weighted by molar-refractivity contribution is 8.00. The Hall–Kier alpha value is -0.410. The summed E-state index contributed by atoms with van der Waals surface area (Å²) in [7, 11) is 0. The maximum Gasteiger partial charge on any atom is 0.0357 e. The molecule has 1 aliphatic rings. The van der Waals surface area contributed by atoms with Gasteiger partial charge in [-0.05, 0) is 31.2 Å². The van der Waals surface area contributed by atoms with E-state index in [1.165, 1.54) is 37.8 Å². The lowest BCUT2D eigenvalue weighted by Gasteiger charge is -2.36. The molecule has 3 heteroatoms. The zero-order chi connectivity index (χ0) is 11.3. The third kappa shape index (κ3) is 3.05. The van der Waals surface area contributed by atoms with Crippen LogP contribution in [0.5, 0.6) is 0 Å². The number of nitrogens with one attached hydrogen (secondary N) is 2. The molecule has 0 atom stereocenters. The van der Waals surface area contributed by atoms with Gasteiger partial charge in [-0.3, -0.25) is 0 Å². The highest BCUT2D eigenvalue weighted by Gasteiger charge is 2.30. The van der Waals surface area contributed by atoms with Gasteiger partial charge in [0.25, 0.3) is 0 Å². The topological polar surface area (TPSA) is 27.8 Å². The fourth-order valence-corrected chi connectivity index (χ4v) is 3.49. The minimum Gasteiger partial charge on any atom is -0.364 e. The van der Waals surface area contributed by atoms with E-state index in [0.29, 0.717) is 4.75 Å². The molecule has 1 aliphatic carbocycles. The Morgan fingerprint density at radius 1 is 1.38 bits per heavy atom. The van der Waals surface area contributed by atoms with Gasteiger partial charge in [0.2, 0.25) is 0 Å². The Morgan fingerprint density at radius 2 is 2.19 bits per heavy atom. The summed E-state index contributed by atoms with van der Waals surface area (Å²) in [4.78, 5) is 3.24. The number of aromatic amines is 1. The molecular formula is C13H22N2S. The Bertz CT molecular complexity index is 289. The molecule has 0 saturated heterocycles. The molecule has 0 bridgehead atoms. The molecule has 0 spiro atoms. The van der Waals surface area contributed by atoms with E-state index in [0.717, 1.165) is 13.1 Å². The van der Waals surface area contributed by atoms with E-state index in [9.17, 15) is 0 Å². The number of rotatable bonds is 5. The zero-order valence-corrected chi connectivity index (χ0v) is 10.9. The summed E-state index contributed by atoms with van der Waals surface area (Å²) >= 11 is 2.06. The third-order valence-electron chi connectivity index (χ3n) is 3.62. The Labute approximate surface area is 103 Å². The van der Waals surface area contributed by atoms with E-state index in [4.69, 9.17) is 0 Å². The van der Waals surface area contributed by atoms with Gasteiger partial charge in [-0.2, -0.15) is 11.8 Å². The first-order chi connectivity index (χ1) is 7.85. The maximum atomic E-state index is 3.60. The Balaban J connectivity index is 1.78. The van der Waals surface area contributed by atoms with Crippen LogP contribution in [0.25, 0.3) is 0 Å². The van der Waals surface area contributed by atoms with Gasteiger partial charge < -0.3 is 10.3 Å². The number of hydrogen-bond acceptors (Lipinski definition) is 2. The van der Waals surface area contributed by atoms with Gasteiger partial charge in [0, 0.05) is 29.7 Å². The van der Waals surface area contributed by atoms with Gasteiger partial charge in [-0.15, -0.1) is 0 Å². The number of aromatic nitrogens is 1. The summed E-state index contributed by atoms with van der Waals surface area (Å²) in [6.07, 6.45) is 11.3. The van der Waals surface area contributed by atoms with Crippen LogP contribution in [0.4, 0.5) is 0 Å². The van der Waals surface area contributed by atoms with Crippen molar-refractivity contribution in [2.45, 2.75) is 43.4 Å². The molecule has 0 radical (unpaired) electrons. The standard InChI is InChI=1S/C13H22N2S/c1-16-13(7-3-2-4-8-13)11-14-10-12-6-5-9-15-12/h5-6,9,14-15H,2-4,7-8,10-11H2,1H3. The first-order valence-electron chi connectivity index (χ1n) is 6.23. The van der Waals surface area contributed by atoms with E-state index in [1.807, 2.05) is 6.20 Å². The largest absolute Gasteiger partial charge is 0.364 e. The van der Waals surface area contributed by atoms with Gasteiger partial charge in [-0.25, -0.2) is 0 Å². The molecule has 90 valence electrons. The molecule has 16 heavy (non-hydrogen) atoms. The molecule has 1 saturated carbocycles. The molecule has 0 aromatic carbocycles. The van der Waals surface area contributed by atoms with Gasteiger partial charge >= 0.3 is 0 Å². The van der Waals surface area contributed by atoms with Gasteiger partial charge in [0.15, 0.2) is 0 Å². The number of thioether (sulfide) groups is 1. The fourth-order valence-electron chi connectivity index (χ4n) is 2.55. The zero-order valence-electron chi connectivity index (χ0n) is 10.1. The summed E-state index contributed by atoms with van der Waals surface area (Å²) in [6.45, 7) is 2.11. The van der Waals surface area contributed by atoms with Crippen LogP contribution in [0.2, 0.25) is 0 Å². The fraction of sp³-hybridized carbons (Fsp3) is 0.692. The molecule has 2 N–H and O–H groups in total. The molecule has 2 rings (SSSR count). The van der Waals surface area contributed by atoms with Crippen molar-refractivity contribution in [1.29, 1.82) is 0 Å². The Kier molecular flexibility index (Phi) is 4.36. The van der Waals surface area contributed by atoms with Crippen molar-refractivity contribution < 1.29 is 0 Å². The summed E-state index contributed by atoms with van der Waals surface area (Å²) in [5.41, 5.74) is 1.28. The molecule has 1 heterocycles. The van der Waals surface area contributed by atoms with Crippen molar-refractivity contribution in [1.82, 2.24) is 10.3 Å². The third-order valence-corrected chi connectivity index (χ3v) is 5.04. The molecule has 1 aromatic heterocycles. The van der Waals surface area contributed by atoms with Crippen LogP contribution in [-0.2, 0) is 6.54 Å². The van der Waals surface area contributed by atoms with Crippen molar-refractivity contribution in [3.63, 3.8) is 0 Å². The van der Waals surface area contributed by atoms with E-state index in [2.05, 4.69) is 40.5 Å². The summed E-state index contributed by atoms with van der Waals surface area (Å²) in [5, 5.41) is 3.60. The van der Waals surface area contributed by atoms with Crippen molar-refractivity contribution in [2.24, 2.45) is 0 Å². The van der Waals surface area contributed by atoms with E-state index in [-0.39, 0.29) is 0 Å². The van der Waals surface area contributed by atoms with Gasteiger partial charge in [-0.1, -0.05) is 19.3 Å². The summed E-state index contributed by atoms with van der Waals surface area (Å²) in [6, 6.07) is 4.20. The smallest absolute Gasteiger partial charge is 0.0357 e. The summed E-state index contributed by atoms with van der Waals surface area (Å²) in [5.74, 6) is 0. The predicted molar refractivity (Wildman–Crippen MR) is 71.8 cm³/mol. The molecule has 0 unspecified atom stereocenters. The second-order valence-corrected chi connectivity index (χ2v) is 6.02. The van der Waals surface area contributed by atoms with Crippen molar-refractivity contribution >= 4 is 11.8 Å². The molecule has 1 fully saturated rings. The molecule has 0 amide bonds. The number of H-pyrrole nitrogens is 1. The molecule has 0 aliphatic heterocycles. The van der Waals surface area contributed by atoms with E-state index >= 15 is 0 Å². The lowest BCUT2D eigenvalue weighted by atomic mass is 9.88. The second kappa shape index (κ2) is 5.78. The maximum absolute atomic E-state index is 3.60. The van der Waals surface area contributed by atoms with Crippen LogP contribution >= 0.6 is 11.8 Å². The first-order valence-corrected chi connectivity index (χ1v) is 7.45. The van der Waals surface area contributed by atoms with E-state index in [1.54, 1.807) is 0 Å². The van der Waals surface area contributed by atoms with Crippen LogP contribution in [0.1, 0.15) is 37.8 Å². The van der Waals surface area contributed by atoms with Crippen LogP contribution in [0.15, 0.2) is 18.3 Å². The lowest BCUT2D eigenvalue weighted by molar-refractivity contribution is 0.379. The monoisotopic (exact) mass is 238 g/mol. The van der Waals surface area contributed by atoms with Crippen LogP contribution < -0.4 is 5.32 Å². The average Bonchev–Trinajstić information content (AvgIpc) is 2.83. The van der Waals surface area contributed by atoms with Crippen LogP contribution in [0, 0.1) is 0 Å². The summed E-state index contributed by atoms with van der Waals surface area (Å²) < 4.78 is 0.505. The predicted octanol–water partition coefficient (Wildman–Crippen LogP) is 3.17. The minimum atomic E-state index is 0.505. The normalized spacial score (nSPS) is 19.8. The first kappa shape index (κ1) is 12.1. The van der Waals surface area contributed by atoms with E-state index < -0.39 is 0 Å². The Morgan fingerprint density at radius 3 is 2.81 bits per heavy atom.